The van der Waals surface area contributed by atoms with Crippen molar-refractivity contribution in [3.8, 4) is 17.0 Å². The molecule has 5 aromatic rings. The number of halogens is 1. The predicted octanol–water partition coefficient (Wildman–Crippen LogP) is 8.70. The number of carboxylic acids is 1. The molecule has 0 saturated carbocycles. The number of nitrogens with zero attached hydrogens (tertiary/aromatic N) is 3. The number of fused-ring (bicyclic) bond motifs is 1. The zero-order valence-corrected chi connectivity index (χ0v) is 27.9. The quantitative estimate of drug-likeness (QED) is 0.138. The normalized spacial score (nSPS) is 12.0. The Kier molecular flexibility index (Phi) is 9.61. The summed E-state index contributed by atoms with van der Waals surface area (Å²) in [6, 6.07) is 20.5. The maximum Gasteiger partial charge on any atom is 0.309 e. The van der Waals surface area contributed by atoms with Gasteiger partial charge >= 0.3 is 5.97 Å². The number of carboxylic acid groups (broad SMARTS) is 1. The third-order valence-corrected chi connectivity index (χ3v) is 8.30. The van der Waals surface area contributed by atoms with Crippen LogP contribution in [0.2, 0.25) is 0 Å². The molecule has 0 aliphatic rings. The number of Topliss-reactive ketones (excluding diaryl/α,β-unsaturated/α-hetero) is 1. The first-order chi connectivity index (χ1) is 22.2. The van der Waals surface area contributed by atoms with E-state index in [1.165, 1.54) is 12.3 Å². The van der Waals surface area contributed by atoms with Gasteiger partial charge in [-0.25, -0.2) is 4.39 Å². The zero-order valence-electron chi connectivity index (χ0n) is 27.9. The Morgan fingerprint density at radius 1 is 0.894 bits per heavy atom. The van der Waals surface area contributed by atoms with E-state index in [0.717, 1.165) is 39.7 Å². The van der Waals surface area contributed by atoms with Crippen molar-refractivity contribution >= 4 is 22.7 Å². The maximum absolute atomic E-state index is 14.1. The molecule has 0 unspecified atom stereocenters. The molecule has 47 heavy (non-hydrogen) atoms. The van der Waals surface area contributed by atoms with Gasteiger partial charge in [-0.15, -0.1) is 0 Å². The Balaban J connectivity index is 1.60. The van der Waals surface area contributed by atoms with Crippen molar-refractivity contribution in [2.75, 3.05) is 0 Å². The molecular formula is C39H42FN3O4. The Hall–Kier alpha value is -4.85. The van der Waals surface area contributed by atoms with Gasteiger partial charge in [0.15, 0.2) is 5.78 Å². The average Bonchev–Trinajstić information content (AvgIpc) is 3.31. The second-order valence-corrected chi connectivity index (χ2v) is 14.0. The topological polar surface area (TPSA) is 94.3 Å². The Morgan fingerprint density at radius 2 is 1.62 bits per heavy atom. The van der Waals surface area contributed by atoms with Crippen LogP contribution in [0.4, 0.5) is 4.39 Å². The van der Waals surface area contributed by atoms with Crippen LogP contribution in [0, 0.1) is 16.6 Å². The lowest BCUT2D eigenvalue weighted by Crippen LogP contribution is -2.28. The molecule has 0 fully saturated rings. The van der Waals surface area contributed by atoms with Gasteiger partial charge in [0.05, 0.1) is 23.0 Å². The summed E-state index contributed by atoms with van der Waals surface area (Å²) in [5, 5.41) is 10.9. The highest BCUT2D eigenvalue weighted by Crippen LogP contribution is 2.37. The number of aromatic nitrogens is 3. The number of carbonyl (C=O) groups excluding carboxylic acids is 1. The third kappa shape index (κ3) is 7.94. The molecule has 0 radical (unpaired) electrons. The van der Waals surface area contributed by atoms with Gasteiger partial charge in [-0.1, -0.05) is 58.0 Å². The van der Waals surface area contributed by atoms with Crippen LogP contribution < -0.4 is 4.74 Å². The predicted molar refractivity (Wildman–Crippen MR) is 182 cm³/mol. The fraction of sp³-hybridized carbons (Fsp3) is 0.333. The second kappa shape index (κ2) is 13.5. The number of carbonyl (C=O) groups is 2. The lowest BCUT2D eigenvalue weighted by Gasteiger charge is -2.23. The first kappa shape index (κ1) is 33.5. The van der Waals surface area contributed by atoms with Crippen LogP contribution in [0.5, 0.6) is 5.75 Å². The van der Waals surface area contributed by atoms with Crippen molar-refractivity contribution in [1.82, 2.24) is 14.5 Å². The molecule has 8 heteroatoms. The van der Waals surface area contributed by atoms with Crippen molar-refractivity contribution in [3.05, 3.63) is 113 Å². The van der Waals surface area contributed by atoms with Crippen LogP contribution in [0.15, 0.2) is 79.1 Å². The summed E-state index contributed by atoms with van der Waals surface area (Å²) in [5.74, 6) is -0.773. The Labute approximate surface area is 275 Å². The van der Waals surface area contributed by atoms with Gasteiger partial charge in [0.2, 0.25) is 0 Å². The zero-order chi connectivity index (χ0) is 33.9. The summed E-state index contributed by atoms with van der Waals surface area (Å²) in [7, 11) is 0. The van der Waals surface area contributed by atoms with Gasteiger partial charge in [0.1, 0.15) is 18.2 Å². The van der Waals surface area contributed by atoms with Gasteiger partial charge in [-0.3, -0.25) is 19.6 Å². The van der Waals surface area contributed by atoms with Crippen LogP contribution in [-0.4, -0.2) is 31.4 Å². The van der Waals surface area contributed by atoms with Crippen molar-refractivity contribution in [1.29, 1.82) is 0 Å². The molecule has 0 spiro atoms. The number of ketones is 1. The lowest BCUT2D eigenvalue weighted by atomic mass is 9.83. The van der Waals surface area contributed by atoms with E-state index in [4.69, 9.17) is 4.74 Å². The van der Waals surface area contributed by atoms with Crippen LogP contribution >= 0.6 is 0 Å². The number of pyridine rings is 2. The third-order valence-electron chi connectivity index (χ3n) is 8.30. The molecule has 5 rings (SSSR count). The standard InChI is InChI=1S/C39H42FN3O4/c1-7-25-10-14-29(41-21-25)24-47-30-15-17-33-31(18-30)36(35(44)20-38(2,3)4)34(19-39(5,6)37(45)46)43(33)23-26-8-11-27(12-9-26)32-16-13-28(40)22-42-32/h8-18,21-22H,7,19-20,23-24H2,1-6H3,(H,45,46). The van der Waals surface area contributed by atoms with Gasteiger partial charge in [0, 0.05) is 53.3 Å². The Morgan fingerprint density at radius 3 is 2.21 bits per heavy atom. The molecule has 0 amide bonds. The fourth-order valence-corrected chi connectivity index (χ4v) is 5.63. The SMILES string of the molecule is CCc1ccc(COc2ccc3c(c2)c(C(=O)CC(C)(C)C)c(CC(C)(C)C(=O)O)n3Cc2ccc(-c3ccc(F)cn3)cc2)nc1. The van der Waals surface area contributed by atoms with Crippen LogP contribution in [0.3, 0.4) is 0 Å². The molecule has 0 atom stereocenters. The van der Waals surface area contributed by atoms with E-state index in [1.807, 2.05) is 81.6 Å². The van der Waals surface area contributed by atoms with Crippen LogP contribution in [-0.2, 0) is 30.8 Å². The summed E-state index contributed by atoms with van der Waals surface area (Å²) in [6.45, 7) is 12.2. The minimum Gasteiger partial charge on any atom is -0.487 e. The molecule has 7 nitrogen and oxygen atoms in total. The molecule has 0 aliphatic carbocycles. The van der Waals surface area contributed by atoms with Crippen LogP contribution in [0.25, 0.3) is 22.2 Å². The van der Waals surface area contributed by atoms with E-state index >= 15 is 0 Å². The number of aliphatic carboxylic acids is 1. The van der Waals surface area contributed by atoms with E-state index in [0.29, 0.717) is 35.7 Å². The number of rotatable bonds is 12. The lowest BCUT2D eigenvalue weighted by molar-refractivity contribution is -0.146. The highest BCUT2D eigenvalue weighted by Gasteiger charge is 2.34. The molecule has 3 aromatic heterocycles. The Bertz CT molecular complexity index is 1890. The highest BCUT2D eigenvalue weighted by molar-refractivity contribution is 6.10. The van der Waals surface area contributed by atoms with E-state index in [2.05, 4.69) is 21.5 Å². The number of hydrogen-bond donors (Lipinski definition) is 1. The summed E-state index contributed by atoms with van der Waals surface area (Å²) in [6.07, 6.45) is 4.40. The highest BCUT2D eigenvalue weighted by atomic mass is 19.1. The molecule has 1 N–H and O–H groups in total. The molecule has 244 valence electrons. The van der Waals surface area contributed by atoms with E-state index in [1.54, 1.807) is 19.9 Å². The number of ether oxygens (including phenoxy) is 1. The summed E-state index contributed by atoms with van der Waals surface area (Å²) in [5.41, 5.74) is 5.04. The summed E-state index contributed by atoms with van der Waals surface area (Å²) >= 11 is 0. The van der Waals surface area contributed by atoms with Crippen molar-refractivity contribution in [2.24, 2.45) is 10.8 Å². The summed E-state index contributed by atoms with van der Waals surface area (Å²) in [4.78, 5) is 35.2. The van der Waals surface area contributed by atoms with E-state index in [9.17, 15) is 19.1 Å². The molecule has 0 bridgehead atoms. The number of hydrogen-bond acceptors (Lipinski definition) is 5. The van der Waals surface area contributed by atoms with E-state index < -0.39 is 17.2 Å². The van der Waals surface area contributed by atoms with Gasteiger partial charge in [-0.2, -0.15) is 0 Å². The smallest absolute Gasteiger partial charge is 0.309 e. The number of benzene rings is 2. The fourth-order valence-electron chi connectivity index (χ4n) is 5.63. The molecule has 0 saturated heterocycles. The first-order valence-corrected chi connectivity index (χ1v) is 15.9. The minimum atomic E-state index is -1.13. The maximum atomic E-state index is 14.1. The number of aryl methyl sites for hydroxylation is 1. The second-order valence-electron chi connectivity index (χ2n) is 14.0. The summed E-state index contributed by atoms with van der Waals surface area (Å²) < 4.78 is 21.7. The molecule has 0 aliphatic heterocycles. The van der Waals surface area contributed by atoms with Gasteiger partial charge in [0.25, 0.3) is 0 Å². The minimum absolute atomic E-state index is 0.0378. The molecule has 3 heterocycles. The van der Waals surface area contributed by atoms with Crippen LogP contribution in [0.1, 0.15) is 80.8 Å². The molecule has 2 aromatic carbocycles. The van der Waals surface area contributed by atoms with Gasteiger partial charge in [-0.05, 0) is 73.2 Å². The monoisotopic (exact) mass is 635 g/mol. The van der Waals surface area contributed by atoms with Crippen molar-refractivity contribution < 1.29 is 23.8 Å². The van der Waals surface area contributed by atoms with Gasteiger partial charge < -0.3 is 14.4 Å². The largest absolute Gasteiger partial charge is 0.487 e. The van der Waals surface area contributed by atoms with E-state index in [-0.39, 0.29) is 24.2 Å². The molecular weight excluding hydrogens is 593 g/mol. The van der Waals surface area contributed by atoms with Crippen molar-refractivity contribution in [3.63, 3.8) is 0 Å². The average molecular weight is 636 g/mol. The van der Waals surface area contributed by atoms with Crippen molar-refractivity contribution in [2.45, 2.75) is 74.0 Å². The first-order valence-electron chi connectivity index (χ1n) is 15.9.